The quantitative estimate of drug-likeness (QED) is 0.644. The number of thioether (sulfide) groups is 1. The first-order valence-electron chi connectivity index (χ1n) is 8.42. The Morgan fingerprint density at radius 3 is 2.86 bits per heavy atom. The van der Waals surface area contributed by atoms with Crippen LogP contribution in [-0.2, 0) is 14.8 Å². The summed E-state index contributed by atoms with van der Waals surface area (Å²) in [4.78, 5) is 17.2. The summed E-state index contributed by atoms with van der Waals surface area (Å²) in [6.07, 6.45) is 0.384. The molecule has 0 aliphatic carbocycles. The standard InChI is InChI=1S/C18H17N3O4S3/c1-10-7-17(22)19-14-9-12(4-6-15(14)26-10)28(23,24)21-18-20-13-5-3-11(25-2)8-16(13)27-18/h3-6,8-10H,7H2,1-2H3,(H,19,22)(H,20,21)/t10-/m0/s1. The van der Waals surface area contributed by atoms with Crippen molar-refractivity contribution in [3.8, 4) is 5.75 Å². The van der Waals surface area contributed by atoms with Gasteiger partial charge in [0.05, 0.1) is 27.9 Å². The van der Waals surface area contributed by atoms with E-state index in [-0.39, 0.29) is 21.2 Å². The summed E-state index contributed by atoms with van der Waals surface area (Å²) in [6, 6.07) is 10.1. The van der Waals surface area contributed by atoms with Gasteiger partial charge >= 0.3 is 0 Å². The number of methoxy groups -OCH3 is 1. The third-order valence-corrected chi connectivity index (χ3v) is 7.73. The van der Waals surface area contributed by atoms with Crippen molar-refractivity contribution in [3.05, 3.63) is 36.4 Å². The van der Waals surface area contributed by atoms with Gasteiger partial charge in [-0.25, -0.2) is 13.4 Å². The lowest BCUT2D eigenvalue weighted by Crippen LogP contribution is -2.15. The van der Waals surface area contributed by atoms with Crippen LogP contribution in [-0.4, -0.2) is 31.7 Å². The summed E-state index contributed by atoms with van der Waals surface area (Å²) >= 11 is 2.77. The first-order valence-corrected chi connectivity index (χ1v) is 11.6. The molecule has 2 heterocycles. The molecule has 0 bridgehead atoms. The Balaban J connectivity index is 1.64. The third kappa shape index (κ3) is 3.80. The Kier molecular flexibility index (Phi) is 4.94. The number of fused-ring (bicyclic) bond motifs is 2. The van der Waals surface area contributed by atoms with E-state index in [2.05, 4.69) is 15.0 Å². The Morgan fingerprint density at radius 2 is 2.07 bits per heavy atom. The number of rotatable bonds is 4. The van der Waals surface area contributed by atoms with Crippen LogP contribution >= 0.6 is 23.1 Å². The summed E-state index contributed by atoms with van der Waals surface area (Å²) < 4.78 is 34.2. The fourth-order valence-electron chi connectivity index (χ4n) is 2.85. The number of sulfonamides is 1. The lowest BCUT2D eigenvalue weighted by atomic mass is 10.3. The minimum Gasteiger partial charge on any atom is -0.497 e. The molecule has 0 saturated heterocycles. The molecule has 10 heteroatoms. The Bertz CT molecular complexity index is 1170. The number of ether oxygens (including phenoxy) is 1. The largest absolute Gasteiger partial charge is 0.497 e. The van der Waals surface area contributed by atoms with Crippen molar-refractivity contribution in [1.82, 2.24) is 4.98 Å². The average Bonchev–Trinajstić information content (AvgIpc) is 2.95. The smallest absolute Gasteiger partial charge is 0.263 e. The Hall–Kier alpha value is -2.30. The van der Waals surface area contributed by atoms with Gasteiger partial charge in [0.25, 0.3) is 10.0 Å². The van der Waals surface area contributed by atoms with E-state index in [1.807, 2.05) is 6.92 Å². The minimum absolute atomic E-state index is 0.0681. The predicted octanol–water partition coefficient (Wildman–Crippen LogP) is 3.93. The monoisotopic (exact) mass is 435 g/mol. The number of amides is 1. The number of hydrogen-bond acceptors (Lipinski definition) is 7. The molecule has 0 unspecified atom stereocenters. The van der Waals surface area contributed by atoms with Crippen molar-refractivity contribution in [2.45, 2.75) is 28.4 Å². The van der Waals surface area contributed by atoms with Gasteiger partial charge in [0, 0.05) is 16.6 Å². The normalized spacial score (nSPS) is 16.9. The van der Waals surface area contributed by atoms with Gasteiger partial charge in [0.2, 0.25) is 5.91 Å². The van der Waals surface area contributed by atoms with Crippen molar-refractivity contribution in [1.29, 1.82) is 0 Å². The molecule has 0 saturated carbocycles. The first-order chi connectivity index (χ1) is 13.3. The first kappa shape index (κ1) is 19.0. The van der Waals surface area contributed by atoms with Gasteiger partial charge in [-0.1, -0.05) is 18.3 Å². The maximum absolute atomic E-state index is 12.8. The molecule has 3 aromatic rings. The number of carbonyl (C=O) groups is 1. The van der Waals surface area contributed by atoms with E-state index in [4.69, 9.17) is 4.74 Å². The molecule has 1 aromatic heterocycles. The van der Waals surface area contributed by atoms with Crippen LogP contribution in [0.3, 0.4) is 0 Å². The highest BCUT2D eigenvalue weighted by Crippen LogP contribution is 2.37. The van der Waals surface area contributed by atoms with Crippen LogP contribution in [0.4, 0.5) is 10.8 Å². The molecule has 2 N–H and O–H groups in total. The zero-order chi connectivity index (χ0) is 19.9. The van der Waals surface area contributed by atoms with Crippen molar-refractivity contribution in [2.24, 2.45) is 0 Å². The van der Waals surface area contributed by atoms with E-state index < -0.39 is 10.0 Å². The second kappa shape index (κ2) is 7.26. The van der Waals surface area contributed by atoms with E-state index in [1.54, 1.807) is 43.1 Å². The summed E-state index contributed by atoms with van der Waals surface area (Å²) in [5, 5.41) is 3.18. The van der Waals surface area contributed by atoms with Gasteiger partial charge in [0.15, 0.2) is 5.13 Å². The highest BCUT2D eigenvalue weighted by Gasteiger charge is 2.23. The maximum atomic E-state index is 12.8. The molecule has 0 fully saturated rings. The van der Waals surface area contributed by atoms with Gasteiger partial charge in [-0.05, 0) is 36.4 Å². The van der Waals surface area contributed by atoms with Crippen molar-refractivity contribution in [3.63, 3.8) is 0 Å². The fourth-order valence-corrected chi connectivity index (χ4v) is 6.05. The summed E-state index contributed by atoms with van der Waals surface area (Å²) in [5.41, 5.74) is 1.19. The molecule has 4 rings (SSSR count). The second-order valence-corrected chi connectivity index (χ2v) is 10.5. The van der Waals surface area contributed by atoms with E-state index in [1.165, 1.54) is 23.5 Å². The van der Waals surface area contributed by atoms with Crippen LogP contribution in [0.25, 0.3) is 10.2 Å². The summed E-state index contributed by atoms with van der Waals surface area (Å²) in [7, 11) is -2.28. The molecule has 1 amide bonds. The van der Waals surface area contributed by atoms with Crippen LogP contribution in [0.1, 0.15) is 13.3 Å². The van der Waals surface area contributed by atoms with E-state index in [0.717, 1.165) is 9.60 Å². The molecule has 7 nitrogen and oxygen atoms in total. The molecule has 2 aromatic carbocycles. The number of carbonyl (C=O) groups excluding carboxylic acids is 1. The number of aromatic nitrogens is 1. The molecule has 28 heavy (non-hydrogen) atoms. The molecule has 146 valence electrons. The number of nitrogens with zero attached hydrogens (tertiary/aromatic N) is 1. The Labute approximate surface area is 170 Å². The maximum Gasteiger partial charge on any atom is 0.263 e. The third-order valence-electron chi connectivity index (χ3n) is 4.15. The lowest BCUT2D eigenvalue weighted by molar-refractivity contribution is -0.116. The summed E-state index contributed by atoms with van der Waals surface area (Å²) in [6.45, 7) is 1.97. The van der Waals surface area contributed by atoms with Crippen LogP contribution in [0, 0.1) is 0 Å². The van der Waals surface area contributed by atoms with E-state index in [9.17, 15) is 13.2 Å². The SMILES string of the molecule is COc1ccc2nc(NS(=O)(=O)c3ccc4c(c3)NC(=O)C[C@H](C)S4)sc2c1. The molecule has 1 aliphatic heterocycles. The van der Waals surface area contributed by atoms with Gasteiger partial charge < -0.3 is 10.1 Å². The average molecular weight is 436 g/mol. The van der Waals surface area contributed by atoms with Gasteiger partial charge in [-0.2, -0.15) is 0 Å². The molecular weight excluding hydrogens is 418 g/mol. The number of anilines is 2. The van der Waals surface area contributed by atoms with Gasteiger partial charge in [-0.3, -0.25) is 9.52 Å². The second-order valence-electron chi connectivity index (χ2n) is 6.30. The fraction of sp³-hybridized carbons (Fsp3) is 0.222. The van der Waals surface area contributed by atoms with Crippen LogP contribution < -0.4 is 14.8 Å². The minimum atomic E-state index is -3.85. The number of hydrogen-bond donors (Lipinski definition) is 2. The zero-order valence-electron chi connectivity index (χ0n) is 15.1. The topological polar surface area (TPSA) is 97.4 Å². The molecular formula is C18H17N3O4S3. The van der Waals surface area contributed by atoms with Crippen molar-refractivity contribution >= 4 is 60.1 Å². The molecule has 1 aliphatic rings. The number of thiazole rings is 1. The van der Waals surface area contributed by atoms with Crippen molar-refractivity contribution in [2.75, 3.05) is 17.1 Å². The Morgan fingerprint density at radius 1 is 1.25 bits per heavy atom. The van der Waals surface area contributed by atoms with Crippen LogP contribution in [0.2, 0.25) is 0 Å². The number of benzene rings is 2. The highest BCUT2D eigenvalue weighted by atomic mass is 32.2. The highest BCUT2D eigenvalue weighted by molar-refractivity contribution is 8.00. The van der Waals surface area contributed by atoms with E-state index >= 15 is 0 Å². The summed E-state index contributed by atoms with van der Waals surface area (Å²) in [5.74, 6) is 0.556. The zero-order valence-corrected chi connectivity index (χ0v) is 17.5. The molecule has 0 spiro atoms. The molecule has 0 radical (unpaired) electrons. The van der Waals surface area contributed by atoms with Gasteiger partial charge in [0.1, 0.15) is 5.75 Å². The number of nitrogens with one attached hydrogen (secondary N) is 2. The lowest BCUT2D eigenvalue weighted by Gasteiger charge is -2.10. The predicted molar refractivity (Wildman–Crippen MR) is 112 cm³/mol. The van der Waals surface area contributed by atoms with Crippen molar-refractivity contribution < 1.29 is 17.9 Å². The van der Waals surface area contributed by atoms with Crippen LogP contribution in [0.5, 0.6) is 5.75 Å². The molecule has 1 atom stereocenters. The van der Waals surface area contributed by atoms with E-state index in [0.29, 0.717) is 23.4 Å². The van der Waals surface area contributed by atoms with Gasteiger partial charge in [-0.15, -0.1) is 11.8 Å². The van der Waals surface area contributed by atoms with Crippen LogP contribution in [0.15, 0.2) is 46.2 Å².